The van der Waals surface area contributed by atoms with Gasteiger partial charge in [-0.05, 0) is 51.2 Å². The third-order valence-electron chi connectivity index (χ3n) is 5.09. The molecule has 110 valence electrons. The van der Waals surface area contributed by atoms with E-state index in [-0.39, 0.29) is 17.1 Å². The van der Waals surface area contributed by atoms with Gasteiger partial charge in [-0.3, -0.25) is 4.98 Å². The summed E-state index contributed by atoms with van der Waals surface area (Å²) in [5.74, 6) is 0. The molecule has 1 saturated carbocycles. The van der Waals surface area contributed by atoms with Gasteiger partial charge >= 0.3 is 0 Å². The van der Waals surface area contributed by atoms with E-state index in [1.54, 1.807) is 0 Å². The number of hydrogen-bond acceptors (Lipinski definition) is 3. The minimum absolute atomic E-state index is 0.102. The Labute approximate surface area is 121 Å². The van der Waals surface area contributed by atoms with Gasteiger partial charge in [0.05, 0.1) is 5.60 Å². The van der Waals surface area contributed by atoms with Crippen molar-refractivity contribution in [2.75, 3.05) is 6.61 Å². The van der Waals surface area contributed by atoms with E-state index >= 15 is 0 Å². The molecule has 1 aliphatic heterocycles. The maximum Gasteiger partial charge on any atom is 0.0691 e. The summed E-state index contributed by atoms with van der Waals surface area (Å²) >= 11 is 0. The van der Waals surface area contributed by atoms with Crippen LogP contribution in [0, 0.1) is 0 Å². The number of nitrogens with two attached hydrogens (primary N) is 1. The monoisotopic (exact) mass is 274 g/mol. The van der Waals surface area contributed by atoms with Gasteiger partial charge in [-0.1, -0.05) is 18.9 Å². The lowest BCUT2D eigenvalue weighted by Crippen LogP contribution is -2.48. The van der Waals surface area contributed by atoms with Gasteiger partial charge < -0.3 is 10.5 Å². The molecule has 2 N–H and O–H groups in total. The van der Waals surface area contributed by atoms with Gasteiger partial charge in [0, 0.05) is 30.0 Å². The molecule has 2 heterocycles. The van der Waals surface area contributed by atoms with Crippen LogP contribution < -0.4 is 5.73 Å². The van der Waals surface area contributed by atoms with Gasteiger partial charge in [0.25, 0.3) is 0 Å². The molecule has 0 bridgehead atoms. The van der Waals surface area contributed by atoms with Gasteiger partial charge in [0.2, 0.25) is 0 Å². The zero-order valence-corrected chi connectivity index (χ0v) is 12.5. The van der Waals surface area contributed by atoms with E-state index in [4.69, 9.17) is 10.5 Å². The zero-order valence-electron chi connectivity index (χ0n) is 12.5. The Kier molecular flexibility index (Phi) is 3.83. The summed E-state index contributed by atoms with van der Waals surface area (Å²) in [6.45, 7) is 2.96. The van der Waals surface area contributed by atoms with Crippen LogP contribution in [0.4, 0.5) is 0 Å². The number of rotatable bonds is 3. The normalized spacial score (nSPS) is 30.5. The lowest BCUT2D eigenvalue weighted by atomic mass is 9.67. The number of pyridine rings is 1. The average molecular weight is 274 g/mol. The first-order valence-electron chi connectivity index (χ1n) is 7.95. The maximum atomic E-state index is 6.22. The molecule has 2 atom stereocenters. The second-order valence-corrected chi connectivity index (χ2v) is 6.84. The standard InChI is InChI=1S/C17H26N2O/c1-14(18)12-16(15-6-2-5-10-19-15)9-11-20-17(13-16)7-3-4-8-17/h2,5-6,10,14H,3-4,7-9,11-13,18H2,1H3. The molecule has 1 aliphatic carbocycles. The van der Waals surface area contributed by atoms with Crippen molar-refractivity contribution in [3.05, 3.63) is 30.1 Å². The molecule has 0 radical (unpaired) electrons. The average Bonchev–Trinajstić information content (AvgIpc) is 2.87. The summed E-state index contributed by atoms with van der Waals surface area (Å²) in [5, 5.41) is 0. The van der Waals surface area contributed by atoms with Crippen molar-refractivity contribution in [1.82, 2.24) is 4.98 Å². The quantitative estimate of drug-likeness (QED) is 0.921. The molecule has 20 heavy (non-hydrogen) atoms. The Hall–Kier alpha value is -0.930. The van der Waals surface area contributed by atoms with Gasteiger partial charge in [-0.2, -0.15) is 0 Å². The fourth-order valence-electron chi connectivity index (χ4n) is 4.35. The van der Waals surface area contributed by atoms with Crippen molar-refractivity contribution >= 4 is 0 Å². The zero-order chi connectivity index (χ0) is 14.1. The molecule has 0 aromatic carbocycles. The van der Waals surface area contributed by atoms with Crippen LogP contribution in [0.5, 0.6) is 0 Å². The van der Waals surface area contributed by atoms with Crippen LogP contribution in [0.25, 0.3) is 0 Å². The third-order valence-corrected chi connectivity index (χ3v) is 5.09. The molecular formula is C17H26N2O. The van der Waals surface area contributed by atoms with Crippen LogP contribution in [0.1, 0.15) is 57.6 Å². The van der Waals surface area contributed by atoms with Gasteiger partial charge in [-0.25, -0.2) is 0 Å². The van der Waals surface area contributed by atoms with Crippen LogP contribution in [0.2, 0.25) is 0 Å². The molecule has 1 aromatic heterocycles. The van der Waals surface area contributed by atoms with Gasteiger partial charge in [-0.15, -0.1) is 0 Å². The van der Waals surface area contributed by atoms with E-state index in [0.29, 0.717) is 0 Å². The highest BCUT2D eigenvalue weighted by atomic mass is 16.5. The molecule has 0 amide bonds. The Morgan fingerprint density at radius 3 is 2.75 bits per heavy atom. The van der Waals surface area contributed by atoms with Gasteiger partial charge in [0.15, 0.2) is 0 Å². The molecule has 1 saturated heterocycles. The summed E-state index contributed by atoms with van der Waals surface area (Å²) in [6, 6.07) is 6.47. The third kappa shape index (κ3) is 2.61. The van der Waals surface area contributed by atoms with E-state index < -0.39 is 0 Å². The summed E-state index contributed by atoms with van der Waals surface area (Å²) in [4.78, 5) is 4.67. The SMILES string of the molecule is CC(N)CC1(c2ccccn2)CCOC2(CCCC2)C1. The summed E-state index contributed by atoms with van der Waals surface area (Å²) in [7, 11) is 0. The predicted octanol–water partition coefficient (Wildman–Crippen LogP) is 3.18. The van der Waals surface area contributed by atoms with E-state index in [0.717, 1.165) is 25.9 Å². The first-order valence-corrected chi connectivity index (χ1v) is 7.95. The van der Waals surface area contributed by atoms with Crippen molar-refractivity contribution in [1.29, 1.82) is 0 Å². The molecule has 2 fully saturated rings. The van der Waals surface area contributed by atoms with Crippen LogP contribution in [0.15, 0.2) is 24.4 Å². The minimum Gasteiger partial charge on any atom is -0.375 e. The number of ether oxygens (including phenoxy) is 1. The highest BCUT2D eigenvalue weighted by Gasteiger charge is 2.48. The van der Waals surface area contributed by atoms with Crippen molar-refractivity contribution in [2.24, 2.45) is 5.73 Å². The Balaban J connectivity index is 1.93. The molecule has 1 spiro atoms. The Morgan fingerprint density at radius 1 is 1.30 bits per heavy atom. The van der Waals surface area contributed by atoms with Crippen molar-refractivity contribution in [3.8, 4) is 0 Å². The van der Waals surface area contributed by atoms with Crippen molar-refractivity contribution < 1.29 is 4.74 Å². The summed E-state index contributed by atoms with van der Waals surface area (Å²) in [5.41, 5.74) is 7.59. The molecule has 3 heteroatoms. The molecule has 3 rings (SSSR count). The fraction of sp³-hybridized carbons (Fsp3) is 0.706. The summed E-state index contributed by atoms with van der Waals surface area (Å²) in [6.07, 6.45) is 10.1. The first-order chi connectivity index (χ1) is 9.64. The van der Waals surface area contributed by atoms with E-state index in [9.17, 15) is 0 Å². The topological polar surface area (TPSA) is 48.1 Å². The van der Waals surface area contributed by atoms with Gasteiger partial charge in [0.1, 0.15) is 0 Å². The first kappa shape index (κ1) is 14.0. The van der Waals surface area contributed by atoms with Crippen LogP contribution in [-0.4, -0.2) is 23.2 Å². The highest BCUT2D eigenvalue weighted by Crippen LogP contribution is 2.49. The Morgan fingerprint density at radius 2 is 2.10 bits per heavy atom. The number of hydrogen-bond donors (Lipinski definition) is 1. The summed E-state index contributed by atoms with van der Waals surface area (Å²) < 4.78 is 6.22. The second kappa shape index (κ2) is 5.45. The predicted molar refractivity (Wildman–Crippen MR) is 80.6 cm³/mol. The van der Waals surface area contributed by atoms with E-state index in [1.165, 1.54) is 31.4 Å². The highest BCUT2D eigenvalue weighted by molar-refractivity contribution is 5.21. The molecule has 2 aliphatic rings. The lowest BCUT2D eigenvalue weighted by Gasteiger charge is -2.47. The van der Waals surface area contributed by atoms with E-state index in [2.05, 4.69) is 24.0 Å². The maximum absolute atomic E-state index is 6.22. The van der Waals surface area contributed by atoms with Crippen molar-refractivity contribution in [3.63, 3.8) is 0 Å². The molecular weight excluding hydrogens is 248 g/mol. The number of aromatic nitrogens is 1. The smallest absolute Gasteiger partial charge is 0.0691 e. The Bertz CT molecular complexity index is 440. The second-order valence-electron chi connectivity index (χ2n) is 6.84. The van der Waals surface area contributed by atoms with Crippen LogP contribution in [0.3, 0.4) is 0 Å². The van der Waals surface area contributed by atoms with Crippen molar-refractivity contribution in [2.45, 2.75) is 68.9 Å². The van der Waals surface area contributed by atoms with Crippen LogP contribution >= 0.6 is 0 Å². The molecule has 2 unspecified atom stereocenters. The lowest BCUT2D eigenvalue weighted by molar-refractivity contribution is -0.105. The number of nitrogens with zero attached hydrogens (tertiary/aromatic N) is 1. The molecule has 3 nitrogen and oxygen atoms in total. The molecule has 1 aromatic rings. The largest absolute Gasteiger partial charge is 0.375 e. The fourth-order valence-corrected chi connectivity index (χ4v) is 4.35. The minimum atomic E-state index is 0.102. The van der Waals surface area contributed by atoms with E-state index in [1.807, 2.05) is 12.3 Å². The van der Waals surface area contributed by atoms with Crippen LogP contribution in [-0.2, 0) is 10.2 Å².